The molecule has 1 aliphatic rings. The number of fused-ring (bicyclic) bond motifs is 1. The third-order valence-electron chi connectivity index (χ3n) is 2.45. The molecule has 0 aromatic heterocycles. The summed E-state index contributed by atoms with van der Waals surface area (Å²) in [6, 6.07) is 7.70. The predicted octanol–water partition coefficient (Wildman–Crippen LogP) is 2.87. The highest BCUT2D eigenvalue weighted by Gasteiger charge is 2.08. The molecule has 0 spiro atoms. The van der Waals surface area contributed by atoms with Crippen LogP contribution in [-0.4, -0.2) is 5.97 Å². The number of esters is 1. The second-order valence-corrected chi connectivity index (χ2v) is 3.65. The van der Waals surface area contributed by atoms with Gasteiger partial charge >= 0.3 is 5.97 Å². The van der Waals surface area contributed by atoms with Gasteiger partial charge in [-0.2, -0.15) is 0 Å². The van der Waals surface area contributed by atoms with Crippen LogP contribution in [0.15, 0.2) is 36.4 Å². The third-order valence-corrected chi connectivity index (χ3v) is 2.45. The van der Waals surface area contributed by atoms with E-state index in [1.807, 2.05) is 24.3 Å². The number of allylic oxidation sites excluding steroid dienone is 2. The molecule has 1 heterocycles. The van der Waals surface area contributed by atoms with Crippen LogP contribution in [0.25, 0.3) is 0 Å². The molecule has 1 aliphatic heterocycles. The van der Waals surface area contributed by atoms with Gasteiger partial charge in [0, 0.05) is 6.42 Å². The van der Waals surface area contributed by atoms with E-state index in [4.69, 9.17) is 4.74 Å². The molecule has 2 rings (SSSR count). The highest BCUT2D eigenvalue weighted by Crippen LogP contribution is 2.20. The summed E-state index contributed by atoms with van der Waals surface area (Å²) in [5.41, 5.74) is 1.07. The minimum atomic E-state index is -0.127. The fourth-order valence-electron chi connectivity index (χ4n) is 1.64. The fourth-order valence-corrected chi connectivity index (χ4v) is 1.64. The minimum absolute atomic E-state index is 0.127. The summed E-state index contributed by atoms with van der Waals surface area (Å²) in [6.45, 7) is 0. The Labute approximate surface area is 89.6 Å². The molecule has 2 nitrogen and oxygen atoms in total. The van der Waals surface area contributed by atoms with Gasteiger partial charge in [-0.15, -0.1) is 0 Å². The Balaban J connectivity index is 2.26. The van der Waals surface area contributed by atoms with Crippen molar-refractivity contribution in [3.63, 3.8) is 0 Å². The summed E-state index contributed by atoms with van der Waals surface area (Å²) in [5.74, 6) is 0.576. The Morgan fingerprint density at radius 1 is 1.13 bits per heavy atom. The van der Waals surface area contributed by atoms with E-state index < -0.39 is 0 Å². The number of hydrogen-bond acceptors (Lipinski definition) is 2. The van der Waals surface area contributed by atoms with Crippen molar-refractivity contribution in [2.75, 3.05) is 0 Å². The zero-order valence-corrected chi connectivity index (χ0v) is 8.61. The van der Waals surface area contributed by atoms with Crippen LogP contribution in [0.1, 0.15) is 24.8 Å². The van der Waals surface area contributed by atoms with E-state index >= 15 is 0 Å². The van der Waals surface area contributed by atoms with Crippen LogP contribution in [-0.2, 0) is 11.2 Å². The van der Waals surface area contributed by atoms with Gasteiger partial charge in [0.25, 0.3) is 0 Å². The Bertz CT molecular complexity index is 380. The molecule has 0 saturated heterocycles. The zero-order valence-electron chi connectivity index (χ0n) is 8.61. The van der Waals surface area contributed by atoms with E-state index in [0.29, 0.717) is 12.2 Å². The Morgan fingerprint density at radius 2 is 2.00 bits per heavy atom. The highest BCUT2D eigenvalue weighted by molar-refractivity contribution is 5.72. The molecular weight excluding hydrogens is 188 g/mol. The highest BCUT2D eigenvalue weighted by atomic mass is 16.5. The first-order valence-electron chi connectivity index (χ1n) is 5.30. The molecule has 1 aromatic carbocycles. The van der Waals surface area contributed by atoms with Crippen LogP contribution < -0.4 is 4.74 Å². The number of ether oxygens (including phenoxy) is 1. The summed E-state index contributed by atoms with van der Waals surface area (Å²) >= 11 is 0. The number of rotatable bonds is 0. The topological polar surface area (TPSA) is 26.3 Å². The van der Waals surface area contributed by atoms with Gasteiger partial charge in [0.2, 0.25) is 0 Å². The van der Waals surface area contributed by atoms with Gasteiger partial charge < -0.3 is 4.74 Å². The lowest BCUT2D eigenvalue weighted by Gasteiger charge is -2.09. The first-order chi connectivity index (χ1) is 7.36. The summed E-state index contributed by atoms with van der Waals surface area (Å²) < 4.78 is 5.30. The maximum absolute atomic E-state index is 11.4. The minimum Gasteiger partial charge on any atom is -0.426 e. The van der Waals surface area contributed by atoms with Crippen LogP contribution in [0.3, 0.4) is 0 Å². The molecule has 0 N–H and O–H groups in total. The molecule has 15 heavy (non-hydrogen) atoms. The van der Waals surface area contributed by atoms with Gasteiger partial charge in [-0.05, 0) is 30.9 Å². The maximum atomic E-state index is 11.4. The fraction of sp³-hybridized carbons (Fsp3) is 0.308. The first kappa shape index (κ1) is 9.97. The maximum Gasteiger partial charge on any atom is 0.311 e. The lowest BCUT2D eigenvalue weighted by Crippen LogP contribution is -2.09. The van der Waals surface area contributed by atoms with Crippen molar-refractivity contribution in [3.05, 3.63) is 42.0 Å². The van der Waals surface area contributed by atoms with Crippen LogP contribution >= 0.6 is 0 Å². The van der Waals surface area contributed by atoms with Gasteiger partial charge in [0.1, 0.15) is 5.75 Å². The van der Waals surface area contributed by atoms with Crippen LogP contribution in [0.5, 0.6) is 5.75 Å². The van der Waals surface area contributed by atoms with Crippen LogP contribution in [0.4, 0.5) is 0 Å². The van der Waals surface area contributed by atoms with Crippen molar-refractivity contribution in [2.24, 2.45) is 0 Å². The van der Waals surface area contributed by atoms with Gasteiger partial charge in [-0.25, -0.2) is 0 Å². The molecule has 0 saturated carbocycles. The molecule has 0 amide bonds. The lowest BCUT2D eigenvalue weighted by molar-refractivity contribution is -0.134. The molecule has 0 atom stereocenters. The number of benzene rings is 1. The Kier molecular flexibility index (Phi) is 3.18. The van der Waals surface area contributed by atoms with Crippen molar-refractivity contribution >= 4 is 5.97 Å². The number of hydrogen-bond donors (Lipinski definition) is 0. The van der Waals surface area contributed by atoms with Gasteiger partial charge in [0.15, 0.2) is 0 Å². The average Bonchev–Trinajstić information content (AvgIpc) is 2.25. The zero-order chi connectivity index (χ0) is 10.5. The van der Waals surface area contributed by atoms with Gasteiger partial charge in [0.05, 0.1) is 0 Å². The monoisotopic (exact) mass is 202 g/mol. The lowest BCUT2D eigenvalue weighted by atomic mass is 10.1. The smallest absolute Gasteiger partial charge is 0.311 e. The third kappa shape index (κ3) is 2.69. The normalized spacial score (nSPS) is 18.8. The molecule has 1 aromatic rings. The summed E-state index contributed by atoms with van der Waals surface area (Å²) in [5, 5.41) is 0. The Hall–Kier alpha value is -1.57. The molecule has 0 aliphatic carbocycles. The van der Waals surface area contributed by atoms with E-state index in [9.17, 15) is 4.79 Å². The second-order valence-electron chi connectivity index (χ2n) is 3.65. The predicted molar refractivity (Wildman–Crippen MR) is 58.8 cm³/mol. The molecule has 2 heteroatoms. The van der Waals surface area contributed by atoms with Crippen LogP contribution in [0.2, 0.25) is 0 Å². The van der Waals surface area contributed by atoms with Crippen molar-refractivity contribution in [3.8, 4) is 5.75 Å². The van der Waals surface area contributed by atoms with E-state index in [0.717, 1.165) is 24.8 Å². The summed E-state index contributed by atoms with van der Waals surface area (Å²) in [4.78, 5) is 11.4. The van der Waals surface area contributed by atoms with Crippen molar-refractivity contribution in [1.82, 2.24) is 0 Å². The number of para-hydroxylation sites is 1. The second kappa shape index (κ2) is 4.78. The molecule has 0 bridgehead atoms. The standard InChI is InChI=1S/C13H14O2/c14-13-10-4-2-1-3-7-11-8-5-6-9-12(11)15-13/h1,3,5-6,8-9H,2,4,7,10H2/b3-1-. The molecular formula is C13H14O2. The van der Waals surface area contributed by atoms with Crippen molar-refractivity contribution in [2.45, 2.75) is 25.7 Å². The van der Waals surface area contributed by atoms with Crippen molar-refractivity contribution in [1.29, 1.82) is 0 Å². The van der Waals surface area contributed by atoms with E-state index in [1.54, 1.807) is 0 Å². The molecule has 0 fully saturated rings. The van der Waals surface area contributed by atoms with Gasteiger partial charge in [-0.1, -0.05) is 30.4 Å². The molecule has 0 unspecified atom stereocenters. The average molecular weight is 202 g/mol. The quantitative estimate of drug-likeness (QED) is 0.367. The van der Waals surface area contributed by atoms with E-state index in [-0.39, 0.29) is 5.97 Å². The molecule has 78 valence electrons. The Morgan fingerprint density at radius 3 is 2.93 bits per heavy atom. The number of carbonyl (C=O) groups is 1. The van der Waals surface area contributed by atoms with Gasteiger partial charge in [-0.3, -0.25) is 4.79 Å². The summed E-state index contributed by atoms with van der Waals surface area (Å²) in [7, 11) is 0. The first-order valence-corrected chi connectivity index (χ1v) is 5.30. The van der Waals surface area contributed by atoms with Crippen LogP contribution in [0, 0.1) is 0 Å². The van der Waals surface area contributed by atoms with Crippen molar-refractivity contribution < 1.29 is 9.53 Å². The van der Waals surface area contributed by atoms with E-state index in [2.05, 4.69) is 12.2 Å². The van der Waals surface area contributed by atoms with E-state index in [1.165, 1.54) is 0 Å². The largest absolute Gasteiger partial charge is 0.426 e. The molecule has 0 radical (unpaired) electrons. The SMILES string of the molecule is O=C1CCC/C=C\Cc2ccccc2O1. The number of carbonyl (C=O) groups excluding carboxylic acids is 1. The summed E-state index contributed by atoms with van der Waals surface area (Å²) in [6.07, 6.45) is 7.43.